The van der Waals surface area contributed by atoms with E-state index in [4.69, 9.17) is 4.42 Å². The third-order valence-electron chi connectivity index (χ3n) is 2.63. The lowest BCUT2D eigenvalue weighted by Crippen LogP contribution is -2.24. The monoisotopic (exact) mass is 297 g/mol. The van der Waals surface area contributed by atoms with Gasteiger partial charge >= 0.3 is 0 Å². The van der Waals surface area contributed by atoms with Crippen LogP contribution in [0.2, 0.25) is 0 Å². The fourth-order valence-electron chi connectivity index (χ4n) is 1.86. The molecule has 17 heavy (non-hydrogen) atoms. The number of nitrogens with zero attached hydrogens (tertiary/aromatic N) is 2. The van der Waals surface area contributed by atoms with E-state index in [2.05, 4.69) is 44.6 Å². The summed E-state index contributed by atoms with van der Waals surface area (Å²) >= 11 is 3.33. The number of hydrogen-bond acceptors (Lipinski definition) is 3. The number of halogens is 1. The highest BCUT2D eigenvalue weighted by Gasteiger charge is 2.20. The Morgan fingerprint density at radius 2 is 2.29 bits per heavy atom. The van der Waals surface area contributed by atoms with E-state index in [9.17, 15) is 0 Å². The molecular formula is C12H16BrN3O. The van der Waals surface area contributed by atoms with E-state index in [1.165, 1.54) is 0 Å². The molecular weight excluding hydrogens is 282 g/mol. The molecule has 0 fully saturated rings. The molecule has 2 aromatic rings. The van der Waals surface area contributed by atoms with Gasteiger partial charge in [0.2, 0.25) is 0 Å². The second-order valence-electron chi connectivity index (χ2n) is 3.70. The summed E-state index contributed by atoms with van der Waals surface area (Å²) in [6, 6.07) is 3.87. The van der Waals surface area contributed by atoms with Crippen LogP contribution in [0.25, 0.3) is 0 Å². The van der Waals surface area contributed by atoms with E-state index in [1.807, 2.05) is 24.5 Å². The Morgan fingerprint density at radius 3 is 2.88 bits per heavy atom. The molecule has 0 radical (unpaired) electrons. The predicted octanol–water partition coefficient (Wildman–Crippen LogP) is 2.96. The zero-order valence-electron chi connectivity index (χ0n) is 9.98. The Hall–Kier alpha value is -1.07. The van der Waals surface area contributed by atoms with Crippen molar-refractivity contribution >= 4 is 15.9 Å². The first-order chi connectivity index (χ1) is 8.26. The maximum atomic E-state index is 5.62. The van der Waals surface area contributed by atoms with Crippen molar-refractivity contribution in [1.29, 1.82) is 0 Å². The Labute approximate surface area is 109 Å². The first-order valence-electron chi connectivity index (χ1n) is 5.75. The molecule has 1 atom stereocenters. The third-order valence-corrected chi connectivity index (χ3v) is 3.06. The van der Waals surface area contributed by atoms with Crippen LogP contribution in [0, 0.1) is 0 Å². The standard InChI is InChI=1S/C12H16BrN3O/c1-3-14-11(9-5-6-10(13)17-9)12-15-7-8-16(12)4-2/h5-8,11,14H,3-4H2,1-2H3. The molecule has 0 aliphatic rings. The molecule has 0 aromatic carbocycles. The van der Waals surface area contributed by atoms with Gasteiger partial charge in [0.25, 0.3) is 0 Å². The topological polar surface area (TPSA) is 43.0 Å². The summed E-state index contributed by atoms with van der Waals surface area (Å²) in [6.45, 7) is 5.94. The number of aromatic nitrogens is 2. The van der Waals surface area contributed by atoms with Crippen LogP contribution in [0.3, 0.4) is 0 Å². The van der Waals surface area contributed by atoms with Crippen LogP contribution in [0.4, 0.5) is 0 Å². The molecule has 0 bridgehead atoms. The van der Waals surface area contributed by atoms with E-state index in [-0.39, 0.29) is 6.04 Å². The number of furan rings is 1. The predicted molar refractivity (Wildman–Crippen MR) is 69.8 cm³/mol. The Morgan fingerprint density at radius 1 is 1.47 bits per heavy atom. The molecule has 1 unspecified atom stereocenters. The van der Waals surface area contributed by atoms with Crippen molar-refractivity contribution in [1.82, 2.24) is 14.9 Å². The minimum atomic E-state index is 0.00116. The third kappa shape index (κ3) is 2.61. The molecule has 2 aromatic heterocycles. The fraction of sp³-hybridized carbons (Fsp3) is 0.417. The lowest BCUT2D eigenvalue weighted by atomic mass is 10.2. The van der Waals surface area contributed by atoms with Gasteiger partial charge in [0.1, 0.15) is 17.6 Å². The first kappa shape index (κ1) is 12.4. The SMILES string of the molecule is CCNC(c1ccc(Br)o1)c1nccn1CC. The number of rotatable bonds is 5. The number of aryl methyl sites for hydroxylation is 1. The maximum Gasteiger partial charge on any atom is 0.169 e. The molecule has 92 valence electrons. The van der Waals surface area contributed by atoms with Gasteiger partial charge in [-0.05, 0) is 41.5 Å². The molecule has 0 spiro atoms. The van der Waals surface area contributed by atoms with Gasteiger partial charge in [-0.2, -0.15) is 0 Å². The van der Waals surface area contributed by atoms with E-state index < -0.39 is 0 Å². The zero-order chi connectivity index (χ0) is 12.3. The van der Waals surface area contributed by atoms with Gasteiger partial charge in [0, 0.05) is 18.9 Å². The summed E-state index contributed by atoms with van der Waals surface area (Å²) in [5.74, 6) is 1.86. The van der Waals surface area contributed by atoms with Crippen molar-refractivity contribution < 1.29 is 4.42 Å². The zero-order valence-corrected chi connectivity index (χ0v) is 11.6. The van der Waals surface area contributed by atoms with Gasteiger partial charge in [-0.15, -0.1) is 0 Å². The van der Waals surface area contributed by atoms with Gasteiger partial charge in [0.05, 0.1) is 0 Å². The van der Waals surface area contributed by atoms with Crippen LogP contribution < -0.4 is 5.32 Å². The second kappa shape index (κ2) is 5.51. The highest BCUT2D eigenvalue weighted by molar-refractivity contribution is 9.10. The van der Waals surface area contributed by atoms with Crippen molar-refractivity contribution in [3.63, 3.8) is 0 Å². The summed E-state index contributed by atoms with van der Waals surface area (Å²) < 4.78 is 8.48. The smallest absolute Gasteiger partial charge is 0.169 e. The highest BCUT2D eigenvalue weighted by atomic mass is 79.9. The minimum Gasteiger partial charge on any atom is -0.452 e. The Balaban J connectivity index is 2.35. The van der Waals surface area contributed by atoms with Crippen LogP contribution in [-0.4, -0.2) is 16.1 Å². The summed E-state index contributed by atoms with van der Waals surface area (Å²) in [6.07, 6.45) is 3.80. The van der Waals surface area contributed by atoms with Gasteiger partial charge in [-0.1, -0.05) is 6.92 Å². The molecule has 1 N–H and O–H groups in total. The molecule has 0 aliphatic heterocycles. The lowest BCUT2D eigenvalue weighted by Gasteiger charge is -2.16. The number of nitrogens with one attached hydrogen (secondary N) is 1. The Kier molecular flexibility index (Phi) is 4.02. The van der Waals surface area contributed by atoms with Crippen molar-refractivity contribution in [2.45, 2.75) is 26.4 Å². The Bertz CT molecular complexity index is 478. The van der Waals surface area contributed by atoms with Crippen molar-refractivity contribution in [2.75, 3.05) is 6.54 Å². The average molecular weight is 298 g/mol. The molecule has 2 heterocycles. The van der Waals surface area contributed by atoms with Gasteiger partial charge in [-0.3, -0.25) is 0 Å². The van der Waals surface area contributed by atoms with Gasteiger partial charge in [0.15, 0.2) is 4.67 Å². The molecule has 4 nitrogen and oxygen atoms in total. The van der Waals surface area contributed by atoms with Gasteiger partial charge < -0.3 is 14.3 Å². The molecule has 0 amide bonds. The fourth-order valence-corrected chi connectivity index (χ4v) is 2.17. The molecule has 0 aliphatic carbocycles. The minimum absolute atomic E-state index is 0.00116. The summed E-state index contributed by atoms with van der Waals surface area (Å²) in [7, 11) is 0. The van der Waals surface area contributed by atoms with E-state index >= 15 is 0 Å². The average Bonchev–Trinajstić information content (AvgIpc) is 2.94. The van der Waals surface area contributed by atoms with Crippen LogP contribution in [0.15, 0.2) is 33.6 Å². The second-order valence-corrected chi connectivity index (χ2v) is 4.49. The molecule has 0 saturated heterocycles. The summed E-state index contributed by atoms with van der Waals surface area (Å²) in [5.41, 5.74) is 0. The maximum absolute atomic E-state index is 5.62. The molecule has 0 saturated carbocycles. The summed E-state index contributed by atoms with van der Waals surface area (Å²) in [5, 5.41) is 3.39. The largest absolute Gasteiger partial charge is 0.452 e. The number of imidazole rings is 1. The first-order valence-corrected chi connectivity index (χ1v) is 6.55. The van der Waals surface area contributed by atoms with Crippen LogP contribution in [0.1, 0.15) is 31.5 Å². The van der Waals surface area contributed by atoms with E-state index in [0.29, 0.717) is 0 Å². The van der Waals surface area contributed by atoms with Crippen LogP contribution in [-0.2, 0) is 6.54 Å². The van der Waals surface area contributed by atoms with Crippen LogP contribution >= 0.6 is 15.9 Å². The van der Waals surface area contributed by atoms with Gasteiger partial charge in [-0.25, -0.2) is 4.98 Å². The molecule has 2 rings (SSSR count). The normalized spacial score (nSPS) is 12.9. The number of hydrogen-bond donors (Lipinski definition) is 1. The van der Waals surface area contributed by atoms with E-state index in [1.54, 1.807) is 0 Å². The summed E-state index contributed by atoms with van der Waals surface area (Å²) in [4.78, 5) is 4.42. The molecule has 5 heteroatoms. The van der Waals surface area contributed by atoms with E-state index in [0.717, 1.165) is 29.3 Å². The van der Waals surface area contributed by atoms with Crippen molar-refractivity contribution in [2.24, 2.45) is 0 Å². The lowest BCUT2D eigenvalue weighted by molar-refractivity contribution is 0.420. The quantitative estimate of drug-likeness (QED) is 0.923. The van der Waals surface area contributed by atoms with Crippen LogP contribution in [0.5, 0.6) is 0 Å². The highest BCUT2D eigenvalue weighted by Crippen LogP contribution is 2.25. The van der Waals surface area contributed by atoms with Crippen molar-refractivity contribution in [3.05, 3.63) is 40.8 Å². The van der Waals surface area contributed by atoms with Crippen molar-refractivity contribution in [3.8, 4) is 0 Å².